The SMILES string of the molecule is Cc1ccc(NC(=O)c2ccc(N(C)C)nc2)c(C)c1. The van der Waals surface area contributed by atoms with E-state index in [4.69, 9.17) is 0 Å². The Morgan fingerprint density at radius 3 is 2.45 bits per heavy atom. The highest BCUT2D eigenvalue weighted by Gasteiger charge is 2.08. The van der Waals surface area contributed by atoms with Crippen LogP contribution in [0.4, 0.5) is 11.5 Å². The summed E-state index contributed by atoms with van der Waals surface area (Å²) >= 11 is 0. The normalized spacial score (nSPS) is 10.2. The van der Waals surface area contributed by atoms with Gasteiger partial charge in [0, 0.05) is 26.0 Å². The number of carbonyl (C=O) groups is 1. The van der Waals surface area contributed by atoms with E-state index < -0.39 is 0 Å². The molecule has 0 saturated carbocycles. The van der Waals surface area contributed by atoms with Crippen molar-refractivity contribution in [3.63, 3.8) is 0 Å². The van der Waals surface area contributed by atoms with E-state index in [0.29, 0.717) is 5.56 Å². The zero-order chi connectivity index (χ0) is 14.7. The maximum Gasteiger partial charge on any atom is 0.257 e. The van der Waals surface area contributed by atoms with E-state index >= 15 is 0 Å². The van der Waals surface area contributed by atoms with Crippen LogP contribution >= 0.6 is 0 Å². The van der Waals surface area contributed by atoms with Crippen molar-refractivity contribution in [3.8, 4) is 0 Å². The summed E-state index contributed by atoms with van der Waals surface area (Å²) < 4.78 is 0. The standard InChI is InChI=1S/C16H19N3O/c1-11-5-7-14(12(2)9-11)18-16(20)13-6-8-15(17-10-13)19(3)4/h5-10H,1-4H3,(H,18,20). The van der Waals surface area contributed by atoms with Crippen molar-refractivity contribution in [2.24, 2.45) is 0 Å². The topological polar surface area (TPSA) is 45.2 Å². The maximum atomic E-state index is 12.2. The van der Waals surface area contributed by atoms with E-state index in [1.165, 1.54) is 5.56 Å². The van der Waals surface area contributed by atoms with Crippen molar-refractivity contribution >= 4 is 17.4 Å². The Labute approximate surface area is 119 Å². The van der Waals surface area contributed by atoms with Gasteiger partial charge in [-0.15, -0.1) is 0 Å². The minimum absolute atomic E-state index is 0.144. The predicted octanol–water partition coefficient (Wildman–Crippen LogP) is 3.02. The Morgan fingerprint density at radius 1 is 1.15 bits per heavy atom. The summed E-state index contributed by atoms with van der Waals surface area (Å²) in [5, 5.41) is 2.91. The third-order valence-corrected chi connectivity index (χ3v) is 3.10. The minimum Gasteiger partial charge on any atom is -0.363 e. The largest absolute Gasteiger partial charge is 0.363 e. The molecule has 0 atom stereocenters. The van der Waals surface area contributed by atoms with Crippen LogP contribution < -0.4 is 10.2 Å². The van der Waals surface area contributed by atoms with Gasteiger partial charge < -0.3 is 10.2 Å². The lowest BCUT2D eigenvalue weighted by Gasteiger charge is -2.12. The van der Waals surface area contributed by atoms with Crippen LogP contribution in [0.15, 0.2) is 36.5 Å². The van der Waals surface area contributed by atoms with Crippen LogP contribution in [0.3, 0.4) is 0 Å². The Hall–Kier alpha value is -2.36. The van der Waals surface area contributed by atoms with E-state index in [9.17, 15) is 4.79 Å². The van der Waals surface area contributed by atoms with Gasteiger partial charge in [-0.05, 0) is 37.6 Å². The van der Waals surface area contributed by atoms with Gasteiger partial charge in [-0.3, -0.25) is 4.79 Å². The van der Waals surface area contributed by atoms with Crippen LogP contribution in [-0.2, 0) is 0 Å². The number of carbonyl (C=O) groups excluding carboxylic acids is 1. The maximum absolute atomic E-state index is 12.2. The van der Waals surface area contributed by atoms with Gasteiger partial charge in [0.05, 0.1) is 5.56 Å². The fraction of sp³-hybridized carbons (Fsp3) is 0.250. The zero-order valence-corrected chi connectivity index (χ0v) is 12.3. The van der Waals surface area contributed by atoms with Crippen molar-refractivity contribution in [2.45, 2.75) is 13.8 Å². The Morgan fingerprint density at radius 2 is 1.90 bits per heavy atom. The van der Waals surface area contributed by atoms with Crippen molar-refractivity contribution in [1.82, 2.24) is 4.98 Å². The summed E-state index contributed by atoms with van der Waals surface area (Å²) in [6.45, 7) is 4.01. The molecule has 0 fully saturated rings. The molecule has 2 aromatic rings. The summed E-state index contributed by atoms with van der Waals surface area (Å²) in [6, 6.07) is 9.56. The highest BCUT2D eigenvalue weighted by molar-refractivity contribution is 6.04. The molecule has 0 radical (unpaired) electrons. The number of nitrogens with one attached hydrogen (secondary N) is 1. The first kappa shape index (κ1) is 14.1. The molecule has 1 aromatic carbocycles. The Kier molecular flexibility index (Phi) is 4.03. The number of hydrogen-bond donors (Lipinski definition) is 1. The lowest BCUT2D eigenvalue weighted by atomic mass is 10.1. The summed E-state index contributed by atoms with van der Waals surface area (Å²) in [5.74, 6) is 0.683. The van der Waals surface area contributed by atoms with Crippen LogP contribution in [0.1, 0.15) is 21.5 Å². The molecule has 0 spiro atoms. The van der Waals surface area contributed by atoms with Crippen LogP contribution in [0.5, 0.6) is 0 Å². The van der Waals surface area contributed by atoms with Crippen LogP contribution in [0.25, 0.3) is 0 Å². The molecule has 1 heterocycles. The second kappa shape index (κ2) is 5.74. The molecule has 4 heteroatoms. The predicted molar refractivity (Wildman–Crippen MR) is 82.4 cm³/mol. The second-order valence-corrected chi connectivity index (χ2v) is 5.07. The van der Waals surface area contributed by atoms with Crippen molar-refractivity contribution < 1.29 is 4.79 Å². The minimum atomic E-state index is -0.144. The molecule has 20 heavy (non-hydrogen) atoms. The molecule has 1 N–H and O–H groups in total. The average Bonchev–Trinajstić information content (AvgIpc) is 2.42. The molecule has 0 aliphatic heterocycles. The van der Waals surface area contributed by atoms with Crippen molar-refractivity contribution in [1.29, 1.82) is 0 Å². The van der Waals surface area contributed by atoms with E-state index in [2.05, 4.69) is 10.3 Å². The first-order chi connectivity index (χ1) is 9.47. The highest BCUT2D eigenvalue weighted by atomic mass is 16.1. The van der Waals surface area contributed by atoms with Gasteiger partial charge in [-0.25, -0.2) is 4.98 Å². The number of aromatic nitrogens is 1. The van der Waals surface area contributed by atoms with Gasteiger partial charge in [0.1, 0.15) is 5.82 Å². The monoisotopic (exact) mass is 269 g/mol. The lowest BCUT2D eigenvalue weighted by Crippen LogP contribution is -2.15. The molecule has 0 bridgehead atoms. The number of hydrogen-bond acceptors (Lipinski definition) is 3. The number of anilines is 2. The molecule has 1 amide bonds. The smallest absolute Gasteiger partial charge is 0.257 e. The molecule has 4 nitrogen and oxygen atoms in total. The number of benzene rings is 1. The van der Waals surface area contributed by atoms with Gasteiger partial charge in [-0.2, -0.15) is 0 Å². The van der Waals surface area contributed by atoms with E-state index in [1.807, 2.05) is 57.1 Å². The molecule has 0 saturated heterocycles. The number of nitrogens with zero attached hydrogens (tertiary/aromatic N) is 2. The fourth-order valence-electron chi connectivity index (χ4n) is 1.93. The van der Waals surface area contributed by atoms with E-state index in [1.54, 1.807) is 12.3 Å². The van der Waals surface area contributed by atoms with Crippen LogP contribution in [0, 0.1) is 13.8 Å². The molecule has 0 unspecified atom stereocenters. The Balaban J connectivity index is 2.15. The third-order valence-electron chi connectivity index (χ3n) is 3.10. The molecular weight excluding hydrogens is 250 g/mol. The van der Waals surface area contributed by atoms with Crippen LogP contribution in [0.2, 0.25) is 0 Å². The quantitative estimate of drug-likeness (QED) is 0.931. The third kappa shape index (κ3) is 3.15. The number of rotatable bonds is 3. The molecule has 0 aliphatic carbocycles. The molecule has 104 valence electrons. The van der Waals surface area contributed by atoms with Crippen LogP contribution in [-0.4, -0.2) is 25.0 Å². The summed E-state index contributed by atoms with van der Waals surface area (Å²) in [6.07, 6.45) is 1.59. The molecule has 1 aromatic heterocycles. The van der Waals surface area contributed by atoms with Gasteiger partial charge in [0.15, 0.2) is 0 Å². The van der Waals surface area contributed by atoms with Crippen molar-refractivity contribution in [2.75, 3.05) is 24.3 Å². The number of aryl methyl sites for hydroxylation is 2. The summed E-state index contributed by atoms with van der Waals surface area (Å²) in [7, 11) is 3.83. The summed E-state index contributed by atoms with van der Waals surface area (Å²) in [5.41, 5.74) is 3.61. The van der Waals surface area contributed by atoms with Crippen molar-refractivity contribution in [3.05, 3.63) is 53.2 Å². The first-order valence-electron chi connectivity index (χ1n) is 6.49. The van der Waals surface area contributed by atoms with Gasteiger partial charge >= 0.3 is 0 Å². The summed E-state index contributed by atoms with van der Waals surface area (Å²) in [4.78, 5) is 18.3. The Bertz CT molecular complexity index is 618. The molecule has 0 aliphatic rings. The molecule has 2 rings (SSSR count). The molecular formula is C16H19N3O. The van der Waals surface area contributed by atoms with E-state index in [0.717, 1.165) is 17.1 Å². The number of amides is 1. The first-order valence-corrected chi connectivity index (χ1v) is 6.49. The number of pyridine rings is 1. The highest BCUT2D eigenvalue weighted by Crippen LogP contribution is 2.17. The zero-order valence-electron chi connectivity index (χ0n) is 12.3. The second-order valence-electron chi connectivity index (χ2n) is 5.07. The lowest BCUT2D eigenvalue weighted by molar-refractivity contribution is 0.102. The van der Waals surface area contributed by atoms with Gasteiger partial charge in [0.25, 0.3) is 5.91 Å². The average molecular weight is 269 g/mol. The van der Waals surface area contributed by atoms with Gasteiger partial charge in [0.2, 0.25) is 0 Å². The fourth-order valence-corrected chi connectivity index (χ4v) is 1.93. The van der Waals surface area contributed by atoms with Gasteiger partial charge in [-0.1, -0.05) is 17.7 Å². The van der Waals surface area contributed by atoms with E-state index in [-0.39, 0.29) is 5.91 Å².